The maximum atomic E-state index is 13.9. The summed E-state index contributed by atoms with van der Waals surface area (Å²) in [4.78, 5) is 12.3. The van der Waals surface area contributed by atoms with Crippen molar-refractivity contribution < 1.29 is 18.7 Å². The summed E-state index contributed by atoms with van der Waals surface area (Å²) in [6.45, 7) is 1.73. The number of aliphatic hydroxyl groups excluding tert-OH is 1. The average molecular weight is 329 g/mol. The third-order valence-electron chi connectivity index (χ3n) is 3.57. The van der Waals surface area contributed by atoms with Gasteiger partial charge in [-0.05, 0) is 31.2 Å². The lowest BCUT2D eigenvalue weighted by molar-refractivity contribution is 0.0901. The Labute approximate surface area is 137 Å². The molecule has 3 N–H and O–H groups in total. The first-order chi connectivity index (χ1) is 11.6. The van der Waals surface area contributed by atoms with Crippen molar-refractivity contribution in [2.24, 2.45) is 0 Å². The molecule has 24 heavy (non-hydrogen) atoms. The molecule has 7 heteroatoms. The van der Waals surface area contributed by atoms with Gasteiger partial charge in [0.1, 0.15) is 23.4 Å². The lowest BCUT2D eigenvalue weighted by atomic mass is 10.1. The highest BCUT2D eigenvalue weighted by Gasteiger charge is 2.19. The van der Waals surface area contributed by atoms with E-state index in [1.807, 2.05) is 0 Å². The molecule has 6 nitrogen and oxygen atoms in total. The molecule has 1 amide bonds. The lowest BCUT2D eigenvalue weighted by Gasteiger charge is -2.10. The van der Waals surface area contributed by atoms with Crippen LogP contribution in [-0.4, -0.2) is 27.8 Å². The van der Waals surface area contributed by atoms with E-state index in [2.05, 4.69) is 15.5 Å². The van der Waals surface area contributed by atoms with Gasteiger partial charge in [-0.15, -0.1) is 0 Å². The monoisotopic (exact) mass is 329 g/mol. The zero-order valence-electron chi connectivity index (χ0n) is 12.9. The molecule has 2 heterocycles. The van der Waals surface area contributed by atoms with Crippen LogP contribution in [0.5, 0.6) is 0 Å². The maximum Gasteiger partial charge on any atom is 0.255 e. The van der Waals surface area contributed by atoms with E-state index in [4.69, 9.17) is 4.42 Å². The summed E-state index contributed by atoms with van der Waals surface area (Å²) in [5.74, 6) is 0.118. The van der Waals surface area contributed by atoms with Gasteiger partial charge in [0.15, 0.2) is 0 Å². The highest BCUT2D eigenvalue weighted by Crippen LogP contribution is 2.24. The maximum absolute atomic E-state index is 13.9. The highest BCUT2D eigenvalue weighted by molar-refractivity contribution is 5.99. The van der Waals surface area contributed by atoms with Gasteiger partial charge in [-0.1, -0.05) is 12.1 Å². The summed E-state index contributed by atoms with van der Waals surface area (Å²) in [5.41, 5.74) is 0.735. The van der Waals surface area contributed by atoms with Crippen molar-refractivity contribution >= 4 is 5.91 Å². The number of furan rings is 1. The van der Waals surface area contributed by atoms with Gasteiger partial charge in [0.2, 0.25) is 0 Å². The van der Waals surface area contributed by atoms with Crippen LogP contribution in [0.15, 0.2) is 47.0 Å². The molecule has 1 atom stereocenters. The Morgan fingerprint density at radius 2 is 2.17 bits per heavy atom. The number of H-pyrrole nitrogens is 1. The highest BCUT2D eigenvalue weighted by atomic mass is 19.1. The number of aliphatic hydroxyl groups is 1. The fourth-order valence-corrected chi connectivity index (χ4v) is 2.35. The van der Waals surface area contributed by atoms with Crippen LogP contribution >= 0.6 is 0 Å². The molecule has 0 bridgehead atoms. The molecular formula is C17H16FN3O3. The Hall–Kier alpha value is -2.93. The van der Waals surface area contributed by atoms with Crippen LogP contribution in [0.1, 0.15) is 28.0 Å². The number of nitrogens with one attached hydrogen (secondary N) is 2. The number of hydrogen-bond donors (Lipinski definition) is 3. The molecule has 3 rings (SSSR count). The van der Waals surface area contributed by atoms with Gasteiger partial charge in [-0.2, -0.15) is 5.10 Å². The Morgan fingerprint density at radius 3 is 2.88 bits per heavy atom. The minimum Gasteiger partial charge on any atom is -0.464 e. The molecule has 0 aliphatic rings. The minimum absolute atomic E-state index is 0.0340. The average Bonchev–Trinajstić information content (AvgIpc) is 3.22. The zero-order valence-corrected chi connectivity index (χ0v) is 12.9. The second kappa shape index (κ2) is 6.67. The fourth-order valence-electron chi connectivity index (χ4n) is 2.35. The molecular weight excluding hydrogens is 313 g/mol. The first-order valence-corrected chi connectivity index (χ1v) is 7.37. The summed E-state index contributed by atoms with van der Waals surface area (Å²) in [6, 6.07) is 9.48. The number of carbonyl (C=O) groups excluding carboxylic acids is 1. The molecule has 2 aromatic heterocycles. The van der Waals surface area contributed by atoms with Crippen molar-refractivity contribution in [2.75, 3.05) is 6.54 Å². The van der Waals surface area contributed by atoms with Gasteiger partial charge in [0.25, 0.3) is 5.91 Å². The predicted molar refractivity (Wildman–Crippen MR) is 84.7 cm³/mol. The van der Waals surface area contributed by atoms with Crippen molar-refractivity contribution in [3.05, 3.63) is 65.5 Å². The van der Waals surface area contributed by atoms with E-state index in [1.165, 1.54) is 12.3 Å². The Morgan fingerprint density at radius 1 is 1.38 bits per heavy atom. The lowest BCUT2D eigenvalue weighted by Crippen LogP contribution is -2.28. The van der Waals surface area contributed by atoms with Crippen LogP contribution in [0.25, 0.3) is 11.3 Å². The number of amides is 1. The summed E-state index contributed by atoms with van der Waals surface area (Å²) in [5, 5.41) is 19.1. The van der Waals surface area contributed by atoms with Crippen LogP contribution < -0.4 is 5.32 Å². The molecule has 0 saturated heterocycles. The second-order valence-corrected chi connectivity index (χ2v) is 5.31. The van der Waals surface area contributed by atoms with E-state index >= 15 is 0 Å². The van der Waals surface area contributed by atoms with Crippen molar-refractivity contribution in [3.8, 4) is 11.3 Å². The van der Waals surface area contributed by atoms with Gasteiger partial charge in [0, 0.05) is 5.56 Å². The van der Waals surface area contributed by atoms with Gasteiger partial charge in [-0.25, -0.2) is 4.39 Å². The molecule has 0 aliphatic carbocycles. The van der Waals surface area contributed by atoms with Crippen molar-refractivity contribution in [1.29, 1.82) is 0 Å². The molecule has 0 spiro atoms. The van der Waals surface area contributed by atoms with Gasteiger partial charge in [-0.3, -0.25) is 9.89 Å². The van der Waals surface area contributed by atoms with Crippen molar-refractivity contribution in [3.63, 3.8) is 0 Å². The number of benzene rings is 1. The minimum atomic E-state index is -0.966. The summed E-state index contributed by atoms with van der Waals surface area (Å²) >= 11 is 0. The molecule has 124 valence electrons. The molecule has 0 fully saturated rings. The number of hydrogen-bond acceptors (Lipinski definition) is 4. The third kappa shape index (κ3) is 3.21. The molecule has 3 aromatic rings. The zero-order chi connectivity index (χ0) is 17.1. The number of aromatic nitrogens is 2. The summed E-state index contributed by atoms with van der Waals surface area (Å²) < 4.78 is 19.2. The van der Waals surface area contributed by atoms with E-state index in [9.17, 15) is 14.3 Å². The van der Waals surface area contributed by atoms with E-state index < -0.39 is 17.8 Å². The van der Waals surface area contributed by atoms with Crippen LogP contribution in [-0.2, 0) is 0 Å². The number of aromatic amines is 1. The third-order valence-corrected chi connectivity index (χ3v) is 3.57. The largest absolute Gasteiger partial charge is 0.464 e. The molecule has 0 saturated carbocycles. The van der Waals surface area contributed by atoms with E-state index in [1.54, 1.807) is 37.3 Å². The molecule has 1 aromatic carbocycles. The van der Waals surface area contributed by atoms with Crippen molar-refractivity contribution in [2.45, 2.75) is 13.0 Å². The molecule has 1 unspecified atom stereocenters. The molecule has 0 aliphatic heterocycles. The van der Waals surface area contributed by atoms with E-state index in [0.717, 1.165) is 0 Å². The smallest absolute Gasteiger partial charge is 0.255 e. The summed E-state index contributed by atoms with van der Waals surface area (Å²) in [6.07, 6.45) is 0.354. The topological polar surface area (TPSA) is 91.1 Å². The van der Waals surface area contributed by atoms with Crippen LogP contribution in [0.3, 0.4) is 0 Å². The Kier molecular flexibility index (Phi) is 4.43. The number of halogens is 1. The van der Waals surface area contributed by atoms with E-state index in [0.29, 0.717) is 11.5 Å². The number of aryl methyl sites for hydroxylation is 1. The van der Waals surface area contributed by atoms with Crippen molar-refractivity contribution in [1.82, 2.24) is 15.5 Å². The van der Waals surface area contributed by atoms with Crippen LogP contribution in [0.4, 0.5) is 4.39 Å². The number of rotatable bonds is 5. The first-order valence-electron chi connectivity index (χ1n) is 7.37. The van der Waals surface area contributed by atoms with E-state index in [-0.39, 0.29) is 23.4 Å². The van der Waals surface area contributed by atoms with Gasteiger partial charge >= 0.3 is 0 Å². The van der Waals surface area contributed by atoms with Crippen LogP contribution in [0.2, 0.25) is 0 Å². The fraction of sp³-hybridized carbons (Fsp3) is 0.176. The van der Waals surface area contributed by atoms with Gasteiger partial charge in [0.05, 0.1) is 24.0 Å². The standard InChI is InChI=1S/C17H16FN3O3/c1-10-6-7-15(24-10)14(22)9-19-17(23)12-8-20-21-16(12)11-4-2-3-5-13(11)18/h2-8,14,22H,9H2,1H3,(H,19,23)(H,20,21). The van der Waals surface area contributed by atoms with Gasteiger partial charge < -0.3 is 14.8 Å². The first kappa shape index (κ1) is 15.9. The predicted octanol–water partition coefficient (Wildman–Crippen LogP) is 2.58. The number of nitrogens with zero attached hydrogens (tertiary/aromatic N) is 1. The Bertz CT molecular complexity index is 856. The Balaban J connectivity index is 1.73. The number of carbonyl (C=O) groups is 1. The SMILES string of the molecule is Cc1ccc(C(O)CNC(=O)c2cn[nH]c2-c2ccccc2F)o1. The second-order valence-electron chi connectivity index (χ2n) is 5.31. The summed E-state index contributed by atoms with van der Waals surface area (Å²) in [7, 11) is 0. The molecule has 0 radical (unpaired) electrons. The van der Waals surface area contributed by atoms with Crippen LogP contribution in [0, 0.1) is 12.7 Å². The normalized spacial score (nSPS) is 12.1. The quantitative estimate of drug-likeness (QED) is 0.671.